The van der Waals surface area contributed by atoms with Crippen LogP contribution in [0.15, 0.2) is 29.3 Å². The number of hydrogen-bond donors (Lipinski definition) is 2. The molecule has 2 atom stereocenters. The number of unbranched alkanes of at least 4 members (excludes halogenated alkanes) is 1. The van der Waals surface area contributed by atoms with E-state index in [1.165, 1.54) is 32.5 Å². The molecule has 2 unspecified atom stereocenters. The molecule has 0 amide bonds. The zero-order chi connectivity index (χ0) is 17.4. The minimum Gasteiger partial charge on any atom is -0.497 e. The molecule has 1 aliphatic rings. The molecule has 1 aromatic rings. The monoisotopic (exact) mass is 460 g/mol. The summed E-state index contributed by atoms with van der Waals surface area (Å²) in [6.45, 7) is 9.16. The number of halogens is 1. The lowest BCUT2D eigenvalue weighted by Gasteiger charge is -2.34. The Hall–Kier alpha value is -1.02. The number of nitrogens with zero attached hydrogens (tertiary/aromatic N) is 2. The van der Waals surface area contributed by atoms with Gasteiger partial charge in [0.05, 0.1) is 7.11 Å². The Morgan fingerprint density at radius 3 is 2.44 bits per heavy atom. The zero-order valence-corrected chi connectivity index (χ0v) is 18.0. The van der Waals surface area contributed by atoms with Crippen LogP contribution in [0.1, 0.15) is 33.1 Å². The molecule has 5 nitrogen and oxygen atoms in total. The van der Waals surface area contributed by atoms with Crippen LogP contribution in [0.3, 0.4) is 0 Å². The average molecular weight is 460 g/mol. The smallest absolute Gasteiger partial charge is 0.193 e. The molecule has 25 heavy (non-hydrogen) atoms. The fraction of sp³-hybridized carbons (Fsp3) is 0.632. The van der Waals surface area contributed by atoms with E-state index in [-0.39, 0.29) is 24.0 Å². The molecule has 1 fully saturated rings. The molecule has 1 saturated heterocycles. The molecule has 0 aromatic heterocycles. The molecule has 0 bridgehead atoms. The number of nitrogens with two attached hydrogens (primary N) is 1. The van der Waals surface area contributed by atoms with Crippen molar-refractivity contribution in [3.63, 3.8) is 0 Å². The van der Waals surface area contributed by atoms with Crippen LogP contribution >= 0.6 is 24.0 Å². The van der Waals surface area contributed by atoms with Gasteiger partial charge in [0.15, 0.2) is 5.96 Å². The molecule has 142 valence electrons. The van der Waals surface area contributed by atoms with E-state index in [9.17, 15) is 0 Å². The number of hydrogen-bond acceptors (Lipinski definition) is 3. The van der Waals surface area contributed by atoms with Gasteiger partial charge in [-0.3, -0.25) is 4.99 Å². The maximum atomic E-state index is 5.93. The van der Waals surface area contributed by atoms with Crippen LogP contribution in [0.2, 0.25) is 0 Å². The second-order valence-corrected chi connectivity index (χ2v) is 7.03. The fourth-order valence-corrected chi connectivity index (χ4v) is 3.48. The van der Waals surface area contributed by atoms with Crippen LogP contribution < -0.4 is 15.8 Å². The van der Waals surface area contributed by atoms with Gasteiger partial charge in [-0.1, -0.05) is 13.8 Å². The predicted octanol–water partition coefficient (Wildman–Crippen LogP) is 3.80. The first kappa shape index (κ1) is 22.0. The van der Waals surface area contributed by atoms with E-state index in [1.54, 1.807) is 7.11 Å². The second-order valence-electron chi connectivity index (χ2n) is 7.03. The van der Waals surface area contributed by atoms with E-state index in [2.05, 4.69) is 29.1 Å². The lowest BCUT2D eigenvalue weighted by atomic mass is 9.92. The molecule has 2 rings (SSSR count). The predicted molar refractivity (Wildman–Crippen MR) is 117 cm³/mol. The first-order valence-corrected chi connectivity index (χ1v) is 9.00. The Bertz CT molecular complexity index is 511. The summed E-state index contributed by atoms with van der Waals surface area (Å²) in [4.78, 5) is 7.01. The standard InChI is InChI=1S/C19H32N4O.HI/c1-15-12-16(2)14-23(13-15)11-5-4-10-21-19(20)22-17-6-8-18(24-3)9-7-17;/h6-9,15-16H,4-5,10-14H2,1-3H3,(H3,20,21,22);1H. The van der Waals surface area contributed by atoms with Crippen molar-refractivity contribution in [3.8, 4) is 5.75 Å². The normalized spacial score (nSPS) is 21.5. The summed E-state index contributed by atoms with van der Waals surface area (Å²) in [5.74, 6) is 2.96. The summed E-state index contributed by atoms with van der Waals surface area (Å²) in [5.41, 5.74) is 6.86. The van der Waals surface area contributed by atoms with Crippen molar-refractivity contribution in [1.82, 2.24) is 4.90 Å². The number of anilines is 1. The van der Waals surface area contributed by atoms with E-state index in [0.717, 1.165) is 36.2 Å². The number of nitrogens with one attached hydrogen (secondary N) is 1. The minimum absolute atomic E-state index is 0. The van der Waals surface area contributed by atoms with Gasteiger partial charge < -0.3 is 20.7 Å². The summed E-state index contributed by atoms with van der Waals surface area (Å²) in [7, 11) is 1.66. The highest BCUT2D eigenvalue weighted by atomic mass is 127. The SMILES string of the molecule is COc1ccc(NC(N)=NCCCCN2CC(C)CC(C)C2)cc1.I. The summed E-state index contributed by atoms with van der Waals surface area (Å²) < 4.78 is 5.14. The highest BCUT2D eigenvalue weighted by molar-refractivity contribution is 14.0. The van der Waals surface area contributed by atoms with Crippen molar-refractivity contribution >= 4 is 35.6 Å². The lowest BCUT2D eigenvalue weighted by Crippen LogP contribution is -2.39. The molecule has 0 spiro atoms. The Morgan fingerprint density at radius 2 is 1.84 bits per heavy atom. The fourth-order valence-electron chi connectivity index (χ4n) is 3.48. The first-order valence-electron chi connectivity index (χ1n) is 9.00. The van der Waals surface area contributed by atoms with E-state index in [4.69, 9.17) is 10.5 Å². The largest absolute Gasteiger partial charge is 0.497 e. The van der Waals surface area contributed by atoms with Crippen molar-refractivity contribution in [2.24, 2.45) is 22.6 Å². The van der Waals surface area contributed by atoms with Crippen molar-refractivity contribution in [3.05, 3.63) is 24.3 Å². The summed E-state index contributed by atoms with van der Waals surface area (Å²) in [6.07, 6.45) is 3.62. The molecule has 1 aliphatic heterocycles. The molecule has 1 aromatic carbocycles. The van der Waals surface area contributed by atoms with Crippen LogP contribution in [0, 0.1) is 11.8 Å². The lowest BCUT2D eigenvalue weighted by molar-refractivity contribution is 0.139. The Morgan fingerprint density at radius 1 is 1.20 bits per heavy atom. The van der Waals surface area contributed by atoms with Crippen molar-refractivity contribution in [2.75, 3.05) is 38.6 Å². The molecule has 3 N–H and O–H groups in total. The quantitative estimate of drug-likeness (QED) is 0.281. The number of piperidine rings is 1. The molecular formula is C19H33IN4O. The van der Waals surface area contributed by atoms with Crippen LogP contribution in [-0.2, 0) is 0 Å². The third kappa shape index (κ3) is 8.27. The molecule has 6 heteroatoms. The molecule has 0 saturated carbocycles. The van der Waals surface area contributed by atoms with Gasteiger partial charge in [-0.25, -0.2) is 0 Å². The topological polar surface area (TPSA) is 62.9 Å². The summed E-state index contributed by atoms with van der Waals surface area (Å²) in [6, 6.07) is 7.66. The van der Waals surface area contributed by atoms with E-state index >= 15 is 0 Å². The van der Waals surface area contributed by atoms with Gasteiger partial charge in [0.2, 0.25) is 0 Å². The number of rotatable bonds is 7. The highest BCUT2D eigenvalue weighted by Crippen LogP contribution is 2.21. The third-order valence-electron chi connectivity index (χ3n) is 4.47. The van der Waals surface area contributed by atoms with Gasteiger partial charge in [-0.15, -0.1) is 24.0 Å². The molecule has 0 radical (unpaired) electrons. The summed E-state index contributed by atoms with van der Waals surface area (Å²) >= 11 is 0. The highest BCUT2D eigenvalue weighted by Gasteiger charge is 2.20. The minimum atomic E-state index is 0. The number of likely N-dealkylation sites (tertiary alicyclic amines) is 1. The number of guanidine groups is 1. The van der Waals surface area contributed by atoms with Crippen LogP contribution in [0.4, 0.5) is 5.69 Å². The van der Waals surface area contributed by atoms with Gasteiger partial charge in [0.25, 0.3) is 0 Å². The van der Waals surface area contributed by atoms with E-state index in [0.29, 0.717) is 5.96 Å². The number of aliphatic imine (C=N–C) groups is 1. The Balaban J connectivity index is 0.00000312. The van der Waals surface area contributed by atoms with Crippen LogP contribution in [0.25, 0.3) is 0 Å². The van der Waals surface area contributed by atoms with Crippen LogP contribution in [-0.4, -0.2) is 44.1 Å². The summed E-state index contributed by atoms with van der Waals surface area (Å²) in [5, 5.41) is 3.11. The Kier molecular flexibility index (Phi) is 10.2. The van der Waals surface area contributed by atoms with E-state index in [1.807, 2.05) is 24.3 Å². The van der Waals surface area contributed by atoms with Gasteiger partial charge in [-0.2, -0.15) is 0 Å². The van der Waals surface area contributed by atoms with E-state index < -0.39 is 0 Å². The van der Waals surface area contributed by atoms with Gasteiger partial charge in [-0.05, 0) is 61.9 Å². The first-order chi connectivity index (χ1) is 11.6. The number of ether oxygens (including phenoxy) is 1. The van der Waals surface area contributed by atoms with Crippen molar-refractivity contribution < 1.29 is 4.74 Å². The van der Waals surface area contributed by atoms with Gasteiger partial charge in [0, 0.05) is 25.3 Å². The van der Waals surface area contributed by atoms with Crippen molar-refractivity contribution in [2.45, 2.75) is 33.1 Å². The Labute approximate surface area is 169 Å². The number of methoxy groups -OCH3 is 1. The zero-order valence-electron chi connectivity index (χ0n) is 15.7. The third-order valence-corrected chi connectivity index (χ3v) is 4.47. The average Bonchev–Trinajstić information content (AvgIpc) is 2.54. The maximum absolute atomic E-state index is 5.93. The maximum Gasteiger partial charge on any atom is 0.193 e. The number of benzene rings is 1. The van der Waals surface area contributed by atoms with Crippen LogP contribution in [0.5, 0.6) is 5.75 Å². The molecular weight excluding hydrogens is 427 g/mol. The van der Waals surface area contributed by atoms with Gasteiger partial charge >= 0.3 is 0 Å². The second kappa shape index (κ2) is 11.6. The molecule has 1 heterocycles. The molecule has 0 aliphatic carbocycles. The van der Waals surface area contributed by atoms with Gasteiger partial charge in [0.1, 0.15) is 5.75 Å². The van der Waals surface area contributed by atoms with Crippen molar-refractivity contribution in [1.29, 1.82) is 0 Å².